The number of halogens is 1. The van der Waals surface area contributed by atoms with Crippen LogP contribution >= 0.6 is 11.6 Å². The molecule has 0 aliphatic heterocycles. The Balaban J connectivity index is 2.54. The SMILES string of the molecule is C=C(Cl)/C=C\C(=C/C)c1cn(C(CC)CCOC)c2ccncc12. The zero-order valence-corrected chi connectivity index (χ0v) is 15.4. The van der Waals surface area contributed by atoms with Gasteiger partial charge >= 0.3 is 0 Å². The van der Waals surface area contributed by atoms with Gasteiger partial charge in [0.2, 0.25) is 0 Å². The maximum atomic E-state index is 5.88. The third-order valence-electron chi connectivity index (χ3n) is 4.22. The Kier molecular flexibility index (Phi) is 6.83. The highest BCUT2D eigenvalue weighted by atomic mass is 35.5. The summed E-state index contributed by atoms with van der Waals surface area (Å²) in [6.45, 7) is 8.70. The molecule has 4 heteroatoms. The van der Waals surface area contributed by atoms with Crippen LogP contribution < -0.4 is 0 Å². The summed E-state index contributed by atoms with van der Waals surface area (Å²) in [6, 6.07) is 2.47. The Hall–Kier alpha value is -1.84. The van der Waals surface area contributed by atoms with E-state index in [1.807, 2.05) is 31.5 Å². The summed E-state index contributed by atoms with van der Waals surface area (Å²) >= 11 is 5.88. The molecule has 0 bridgehead atoms. The van der Waals surface area contributed by atoms with E-state index in [9.17, 15) is 0 Å². The van der Waals surface area contributed by atoms with Gasteiger partial charge < -0.3 is 9.30 Å². The highest BCUT2D eigenvalue weighted by molar-refractivity contribution is 6.30. The first-order valence-electron chi connectivity index (χ1n) is 8.25. The van der Waals surface area contributed by atoms with Crippen LogP contribution in [0, 0.1) is 0 Å². The Morgan fingerprint density at radius 2 is 2.25 bits per heavy atom. The number of methoxy groups -OCH3 is 1. The molecule has 0 saturated heterocycles. The number of allylic oxidation sites excluding steroid dienone is 5. The number of aromatic nitrogens is 2. The van der Waals surface area contributed by atoms with E-state index in [0.29, 0.717) is 11.1 Å². The zero-order valence-electron chi connectivity index (χ0n) is 14.6. The molecular weight excluding hydrogens is 320 g/mol. The van der Waals surface area contributed by atoms with Crippen molar-refractivity contribution in [1.82, 2.24) is 9.55 Å². The molecule has 3 nitrogen and oxygen atoms in total. The van der Waals surface area contributed by atoms with Crippen LogP contribution in [-0.2, 0) is 4.74 Å². The smallest absolute Gasteiger partial charge is 0.0520 e. The normalized spacial score (nSPS) is 13.8. The van der Waals surface area contributed by atoms with Crippen molar-refractivity contribution in [3.8, 4) is 0 Å². The average molecular weight is 345 g/mol. The Morgan fingerprint density at radius 1 is 1.46 bits per heavy atom. The van der Waals surface area contributed by atoms with Crippen molar-refractivity contribution in [2.24, 2.45) is 0 Å². The molecule has 0 fully saturated rings. The molecule has 0 aliphatic rings. The van der Waals surface area contributed by atoms with Gasteiger partial charge in [0.15, 0.2) is 0 Å². The number of pyridine rings is 1. The molecule has 2 aromatic rings. The summed E-state index contributed by atoms with van der Waals surface area (Å²) in [5.41, 5.74) is 3.46. The molecule has 0 aromatic carbocycles. The molecule has 1 unspecified atom stereocenters. The summed E-state index contributed by atoms with van der Waals surface area (Å²) in [5.74, 6) is 0. The number of fused-ring (bicyclic) bond motifs is 1. The molecule has 0 saturated carbocycles. The molecule has 0 N–H and O–H groups in total. The van der Waals surface area contributed by atoms with Crippen LogP contribution in [0.25, 0.3) is 16.5 Å². The minimum absolute atomic E-state index is 0.397. The molecule has 2 heterocycles. The lowest BCUT2D eigenvalue weighted by atomic mass is 10.1. The van der Waals surface area contributed by atoms with Crippen molar-refractivity contribution in [3.63, 3.8) is 0 Å². The third kappa shape index (κ3) is 4.16. The van der Waals surface area contributed by atoms with Crippen LogP contribution in [0.4, 0.5) is 0 Å². The highest BCUT2D eigenvalue weighted by Crippen LogP contribution is 2.32. The molecule has 0 amide bonds. The first-order chi connectivity index (χ1) is 11.6. The molecule has 0 radical (unpaired) electrons. The summed E-state index contributed by atoms with van der Waals surface area (Å²) in [5, 5.41) is 1.66. The van der Waals surface area contributed by atoms with Gasteiger partial charge in [-0.05, 0) is 37.5 Å². The number of ether oxygens (including phenoxy) is 1. The Labute approximate surface area is 149 Å². The zero-order chi connectivity index (χ0) is 17.5. The molecule has 128 valence electrons. The molecule has 0 aliphatic carbocycles. The summed E-state index contributed by atoms with van der Waals surface area (Å²) in [4.78, 5) is 4.31. The van der Waals surface area contributed by atoms with Gasteiger partial charge in [-0.1, -0.05) is 37.3 Å². The number of hydrogen-bond donors (Lipinski definition) is 0. The van der Waals surface area contributed by atoms with Crippen LogP contribution in [0.1, 0.15) is 38.3 Å². The second kappa shape index (κ2) is 8.86. The predicted molar refractivity (Wildman–Crippen MR) is 103 cm³/mol. The Morgan fingerprint density at radius 3 is 2.88 bits per heavy atom. The van der Waals surface area contributed by atoms with E-state index in [1.54, 1.807) is 7.11 Å². The first kappa shape index (κ1) is 18.5. The lowest BCUT2D eigenvalue weighted by Gasteiger charge is -2.18. The van der Waals surface area contributed by atoms with Crippen LogP contribution in [-0.4, -0.2) is 23.3 Å². The monoisotopic (exact) mass is 344 g/mol. The maximum absolute atomic E-state index is 5.88. The fraction of sp³-hybridized carbons (Fsp3) is 0.350. The van der Waals surface area contributed by atoms with E-state index >= 15 is 0 Å². The Bertz CT molecular complexity index is 758. The quantitative estimate of drug-likeness (QED) is 0.571. The maximum Gasteiger partial charge on any atom is 0.0520 e. The standard InChI is InChI=1S/C20H25ClN2O/c1-5-16(8-7-15(3)21)19-14-23(17(6-2)10-12-24-4)20-9-11-22-13-18(19)20/h5,7-9,11,13-14,17H,3,6,10,12H2,1-2,4H3/b8-7-,16-5+. The second-order valence-corrected chi connectivity index (χ2v) is 6.20. The lowest BCUT2D eigenvalue weighted by molar-refractivity contribution is 0.178. The van der Waals surface area contributed by atoms with E-state index in [0.717, 1.165) is 36.0 Å². The second-order valence-electron chi connectivity index (χ2n) is 5.71. The van der Waals surface area contributed by atoms with Crippen molar-refractivity contribution < 1.29 is 4.74 Å². The fourth-order valence-electron chi connectivity index (χ4n) is 2.95. The molecule has 0 spiro atoms. The van der Waals surface area contributed by atoms with Gasteiger partial charge in [0.25, 0.3) is 0 Å². The third-order valence-corrected chi connectivity index (χ3v) is 4.35. The molecule has 24 heavy (non-hydrogen) atoms. The van der Waals surface area contributed by atoms with Crippen molar-refractivity contribution in [2.45, 2.75) is 32.7 Å². The highest BCUT2D eigenvalue weighted by Gasteiger charge is 2.16. The summed E-state index contributed by atoms with van der Waals surface area (Å²) in [7, 11) is 1.75. The van der Waals surface area contributed by atoms with Crippen LogP contribution in [0.15, 0.2) is 54.5 Å². The summed E-state index contributed by atoms with van der Waals surface area (Å²) in [6.07, 6.45) is 13.9. The minimum Gasteiger partial charge on any atom is -0.385 e. The van der Waals surface area contributed by atoms with Gasteiger partial charge in [0.1, 0.15) is 0 Å². The van der Waals surface area contributed by atoms with Crippen LogP contribution in [0.2, 0.25) is 0 Å². The topological polar surface area (TPSA) is 27.1 Å². The fourth-order valence-corrected chi connectivity index (χ4v) is 3.01. The number of rotatable bonds is 8. The van der Waals surface area contributed by atoms with Gasteiger partial charge in [-0.25, -0.2) is 0 Å². The lowest BCUT2D eigenvalue weighted by Crippen LogP contribution is -2.09. The van der Waals surface area contributed by atoms with E-state index in [-0.39, 0.29) is 0 Å². The number of nitrogens with zero attached hydrogens (tertiary/aromatic N) is 2. The predicted octanol–water partition coefficient (Wildman–Crippen LogP) is 5.74. The van der Waals surface area contributed by atoms with E-state index < -0.39 is 0 Å². The van der Waals surface area contributed by atoms with Gasteiger partial charge in [0.05, 0.1) is 5.52 Å². The van der Waals surface area contributed by atoms with E-state index in [4.69, 9.17) is 16.3 Å². The largest absolute Gasteiger partial charge is 0.385 e. The molecule has 1 atom stereocenters. The molecular formula is C20H25ClN2O. The first-order valence-corrected chi connectivity index (χ1v) is 8.62. The van der Waals surface area contributed by atoms with Gasteiger partial charge in [-0.3, -0.25) is 4.98 Å². The molecule has 2 aromatic heterocycles. The number of hydrogen-bond acceptors (Lipinski definition) is 2. The van der Waals surface area contributed by atoms with Crippen LogP contribution in [0.3, 0.4) is 0 Å². The van der Waals surface area contributed by atoms with Crippen molar-refractivity contribution >= 4 is 28.1 Å². The van der Waals surface area contributed by atoms with Crippen molar-refractivity contribution in [3.05, 3.63) is 60.1 Å². The van der Waals surface area contributed by atoms with E-state index in [2.05, 4.69) is 41.4 Å². The summed E-state index contributed by atoms with van der Waals surface area (Å²) < 4.78 is 7.62. The molecule has 2 rings (SSSR count). The van der Waals surface area contributed by atoms with Gasteiger partial charge in [-0.15, -0.1) is 0 Å². The minimum atomic E-state index is 0.397. The van der Waals surface area contributed by atoms with Gasteiger partial charge in [0, 0.05) is 54.3 Å². The van der Waals surface area contributed by atoms with Crippen LogP contribution in [0.5, 0.6) is 0 Å². The van der Waals surface area contributed by atoms with Crippen molar-refractivity contribution in [2.75, 3.05) is 13.7 Å². The van der Waals surface area contributed by atoms with E-state index in [1.165, 1.54) is 5.52 Å². The van der Waals surface area contributed by atoms with Crippen molar-refractivity contribution in [1.29, 1.82) is 0 Å². The van der Waals surface area contributed by atoms with Gasteiger partial charge in [-0.2, -0.15) is 0 Å². The average Bonchev–Trinajstić information content (AvgIpc) is 2.96.